The Morgan fingerprint density at radius 2 is 2.38 bits per heavy atom. The van der Waals surface area contributed by atoms with Crippen molar-refractivity contribution in [3.05, 3.63) is 0 Å². The van der Waals surface area contributed by atoms with E-state index in [1.54, 1.807) is 14.2 Å². The second-order valence-electron chi connectivity index (χ2n) is 2.47. The Morgan fingerprint density at radius 3 is 2.85 bits per heavy atom. The van der Waals surface area contributed by atoms with E-state index in [-0.39, 0.29) is 11.2 Å². The zero-order valence-electron chi connectivity index (χ0n) is 7.91. The van der Waals surface area contributed by atoms with Gasteiger partial charge in [0.2, 0.25) is 5.91 Å². The van der Waals surface area contributed by atoms with Gasteiger partial charge in [-0.25, -0.2) is 0 Å². The van der Waals surface area contributed by atoms with Gasteiger partial charge in [-0.1, -0.05) is 11.8 Å². The largest absolute Gasteiger partial charge is 0.385 e. The van der Waals surface area contributed by atoms with E-state index in [9.17, 15) is 9.59 Å². The molecule has 0 aliphatic heterocycles. The molecule has 0 heterocycles. The first-order chi connectivity index (χ1) is 6.26. The molecule has 0 aromatic rings. The summed E-state index contributed by atoms with van der Waals surface area (Å²) in [4.78, 5) is 21.4. The van der Waals surface area contributed by atoms with Crippen LogP contribution in [0.1, 0.15) is 12.8 Å². The highest BCUT2D eigenvalue weighted by Crippen LogP contribution is 2.13. The Balaban J connectivity index is 3.79. The first kappa shape index (κ1) is 12.4. The van der Waals surface area contributed by atoms with Crippen LogP contribution < -0.4 is 5.32 Å². The number of carbonyl (C=O) groups is 2. The molecule has 76 valence electrons. The Labute approximate surface area is 82.4 Å². The number of hydrogen-bond acceptors (Lipinski definition) is 4. The molecule has 0 radical (unpaired) electrons. The lowest BCUT2D eigenvalue weighted by Crippen LogP contribution is -2.29. The summed E-state index contributed by atoms with van der Waals surface area (Å²) in [7, 11) is 3.18. The third-order valence-corrected chi connectivity index (χ3v) is 2.46. The second-order valence-corrected chi connectivity index (χ2v) is 3.50. The zero-order chi connectivity index (χ0) is 10.1. The number of hydrogen-bond donors (Lipinski definition) is 1. The molecule has 0 fully saturated rings. The summed E-state index contributed by atoms with van der Waals surface area (Å²) in [5.41, 5.74) is 0.701. The van der Waals surface area contributed by atoms with Gasteiger partial charge in [-0.05, 0) is 12.8 Å². The molecule has 1 atom stereocenters. The molecule has 1 unspecified atom stereocenters. The van der Waals surface area contributed by atoms with Crippen molar-refractivity contribution in [1.29, 1.82) is 0 Å². The van der Waals surface area contributed by atoms with Gasteiger partial charge in [0, 0.05) is 20.8 Å². The highest BCUT2D eigenvalue weighted by molar-refractivity contribution is 8.13. The Hall–Kier alpha value is -0.550. The molecule has 0 bridgehead atoms. The number of methoxy groups -OCH3 is 1. The molecule has 0 aliphatic rings. The lowest BCUT2D eigenvalue weighted by Gasteiger charge is -2.10. The molecule has 0 saturated heterocycles. The first-order valence-corrected chi connectivity index (χ1v) is 5.00. The third kappa shape index (κ3) is 5.65. The van der Waals surface area contributed by atoms with Crippen LogP contribution in [0.2, 0.25) is 0 Å². The van der Waals surface area contributed by atoms with E-state index in [1.807, 2.05) is 0 Å². The standard InChI is InChI=1S/C8H15NO3S/c1-9-8(11)7(13-6-10)4-3-5-12-2/h6-7H,3-5H2,1-2H3,(H,9,11). The summed E-state index contributed by atoms with van der Waals surface area (Å²) in [5.74, 6) is -0.104. The molecular weight excluding hydrogens is 190 g/mol. The number of thioether (sulfide) groups is 1. The minimum atomic E-state index is -0.280. The monoisotopic (exact) mass is 205 g/mol. The summed E-state index contributed by atoms with van der Waals surface area (Å²) in [6, 6.07) is 0. The number of amides is 1. The van der Waals surface area contributed by atoms with E-state index < -0.39 is 0 Å². The topological polar surface area (TPSA) is 55.4 Å². The number of rotatable bonds is 7. The molecule has 1 amide bonds. The molecule has 1 N–H and O–H groups in total. The van der Waals surface area contributed by atoms with E-state index >= 15 is 0 Å². The van der Waals surface area contributed by atoms with Crippen molar-refractivity contribution in [3.8, 4) is 0 Å². The zero-order valence-corrected chi connectivity index (χ0v) is 8.73. The lowest BCUT2D eigenvalue weighted by molar-refractivity contribution is -0.120. The van der Waals surface area contributed by atoms with Crippen LogP contribution in [0, 0.1) is 0 Å². The predicted octanol–water partition coefficient (Wildman–Crippen LogP) is 0.451. The van der Waals surface area contributed by atoms with Gasteiger partial charge in [-0.2, -0.15) is 0 Å². The summed E-state index contributed by atoms with van der Waals surface area (Å²) >= 11 is 1.01. The maximum absolute atomic E-state index is 11.2. The van der Waals surface area contributed by atoms with Crippen molar-refractivity contribution in [2.75, 3.05) is 20.8 Å². The maximum Gasteiger partial charge on any atom is 0.233 e. The molecule has 0 saturated carbocycles. The lowest BCUT2D eigenvalue weighted by atomic mass is 10.2. The average molecular weight is 205 g/mol. The fourth-order valence-corrected chi connectivity index (χ4v) is 1.58. The van der Waals surface area contributed by atoms with Crippen molar-refractivity contribution in [2.24, 2.45) is 0 Å². The van der Waals surface area contributed by atoms with Gasteiger partial charge in [0.25, 0.3) is 0 Å². The number of ether oxygens (including phenoxy) is 1. The molecule has 13 heavy (non-hydrogen) atoms. The molecule has 0 aromatic heterocycles. The van der Waals surface area contributed by atoms with Gasteiger partial charge >= 0.3 is 0 Å². The summed E-state index contributed by atoms with van der Waals surface area (Å²) in [5, 5.41) is 2.24. The molecular formula is C8H15NO3S. The third-order valence-electron chi connectivity index (χ3n) is 1.57. The van der Waals surface area contributed by atoms with E-state index in [2.05, 4.69) is 5.32 Å². The van der Waals surface area contributed by atoms with Crippen LogP contribution in [-0.2, 0) is 14.3 Å². The molecule has 4 nitrogen and oxygen atoms in total. The van der Waals surface area contributed by atoms with Crippen molar-refractivity contribution < 1.29 is 14.3 Å². The van der Waals surface area contributed by atoms with Crippen LogP contribution in [0.4, 0.5) is 0 Å². The fourth-order valence-electron chi connectivity index (χ4n) is 0.902. The number of nitrogens with one attached hydrogen (secondary N) is 1. The van der Waals surface area contributed by atoms with Crippen LogP contribution in [0.3, 0.4) is 0 Å². The highest BCUT2D eigenvalue weighted by Gasteiger charge is 2.16. The smallest absolute Gasteiger partial charge is 0.233 e. The first-order valence-electron chi connectivity index (χ1n) is 4.06. The van der Waals surface area contributed by atoms with Crippen LogP contribution in [0.5, 0.6) is 0 Å². The van der Waals surface area contributed by atoms with E-state index in [0.717, 1.165) is 18.2 Å². The van der Waals surface area contributed by atoms with Gasteiger partial charge in [-0.15, -0.1) is 0 Å². The predicted molar refractivity (Wildman–Crippen MR) is 53.3 cm³/mol. The normalized spacial score (nSPS) is 12.2. The molecule has 5 heteroatoms. The Kier molecular flexibility index (Phi) is 7.73. The van der Waals surface area contributed by atoms with Crippen LogP contribution in [-0.4, -0.2) is 37.5 Å². The van der Waals surface area contributed by atoms with E-state index in [1.165, 1.54) is 0 Å². The second kappa shape index (κ2) is 8.07. The van der Waals surface area contributed by atoms with Crippen LogP contribution in [0.25, 0.3) is 0 Å². The quantitative estimate of drug-likeness (QED) is 0.484. The summed E-state index contributed by atoms with van der Waals surface area (Å²) in [6.45, 7) is 0.618. The van der Waals surface area contributed by atoms with Crippen LogP contribution >= 0.6 is 11.8 Å². The maximum atomic E-state index is 11.2. The van der Waals surface area contributed by atoms with Gasteiger partial charge in [0.15, 0.2) is 5.62 Å². The summed E-state index contributed by atoms with van der Waals surface area (Å²) < 4.78 is 4.85. The number of carbonyl (C=O) groups excluding carboxylic acids is 2. The molecule has 0 rings (SSSR count). The van der Waals surface area contributed by atoms with Crippen molar-refractivity contribution >= 4 is 23.3 Å². The van der Waals surface area contributed by atoms with Gasteiger partial charge < -0.3 is 10.1 Å². The molecule has 0 spiro atoms. The van der Waals surface area contributed by atoms with Crippen LogP contribution in [0.15, 0.2) is 0 Å². The Bertz CT molecular complexity index is 163. The highest BCUT2D eigenvalue weighted by atomic mass is 32.2. The van der Waals surface area contributed by atoms with Gasteiger partial charge in [0.05, 0.1) is 5.25 Å². The van der Waals surface area contributed by atoms with Crippen molar-refractivity contribution in [1.82, 2.24) is 5.32 Å². The van der Waals surface area contributed by atoms with E-state index in [0.29, 0.717) is 18.6 Å². The van der Waals surface area contributed by atoms with Gasteiger partial charge in [-0.3, -0.25) is 9.59 Å². The Morgan fingerprint density at radius 1 is 1.69 bits per heavy atom. The molecule has 0 aliphatic carbocycles. The fraction of sp³-hybridized carbons (Fsp3) is 0.750. The van der Waals surface area contributed by atoms with Crippen molar-refractivity contribution in [3.63, 3.8) is 0 Å². The minimum Gasteiger partial charge on any atom is -0.385 e. The summed E-state index contributed by atoms with van der Waals surface area (Å²) in [6.07, 6.45) is 1.45. The SMILES string of the molecule is CNC(=O)C(CCCOC)SC=O. The minimum absolute atomic E-state index is 0.104. The average Bonchev–Trinajstić information content (AvgIpc) is 2.16. The van der Waals surface area contributed by atoms with Crippen molar-refractivity contribution in [2.45, 2.75) is 18.1 Å². The molecule has 0 aromatic carbocycles. The van der Waals surface area contributed by atoms with Gasteiger partial charge in [0.1, 0.15) is 0 Å². The van der Waals surface area contributed by atoms with E-state index in [4.69, 9.17) is 4.74 Å².